The van der Waals surface area contributed by atoms with E-state index in [0.717, 1.165) is 30.2 Å². The van der Waals surface area contributed by atoms with Gasteiger partial charge in [0, 0.05) is 10.9 Å². The summed E-state index contributed by atoms with van der Waals surface area (Å²) in [4.78, 5) is 9.25. The normalized spacial score (nSPS) is 11.6. The van der Waals surface area contributed by atoms with Crippen LogP contribution in [0, 0.1) is 0 Å². The van der Waals surface area contributed by atoms with Gasteiger partial charge in [-0.25, -0.2) is 23.5 Å². The molecule has 4 rings (SSSR count). The Bertz CT molecular complexity index is 1370. The molecular formula is C24H23BN4O2S. The second-order valence-electron chi connectivity index (χ2n) is 7.64. The van der Waals surface area contributed by atoms with Gasteiger partial charge in [-0.3, -0.25) is 0 Å². The van der Waals surface area contributed by atoms with Gasteiger partial charge in [0.05, 0.1) is 16.9 Å². The number of primary sulfonamides is 1. The first-order chi connectivity index (χ1) is 15.3. The summed E-state index contributed by atoms with van der Waals surface area (Å²) in [6.07, 6.45) is 3.32. The number of para-hydroxylation sites is 1. The van der Waals surface area contributed by atoms with Crippen LogP contribution in [-0.4, -0.2) is 26.2 Å². The summed E-state index contributed by atoms with van der Waals surface area (Å²) in [6.45, 7) is 2.17. The minimum Gasteiger partial charge on any atom is -0.323 e. The molecule has 0 saturated carbocycles. The second kappa shape index (κ2) is 9.10. The molecule has 0 fully saturated rings. The molecule has 0 aliphatic heterocycles. The number of nitrogens with two attached hydrogens (primary N) is 1. The molecule has 0 amide bonds. The lowest BCUT2D eigenvalue weighted by atomic mass is 9.93. The van der Waals surface area contributed by atoms with Crippen molar-refractivity contribution in [2.45, 2.75) is 31.1 Å². The van der Waals surface area contributed by atoms with Crippen molar-refractivity contribution in [1.29, 1.82) is 0 Å². The van der Waals surface area contributed by atoms with Gasteiger partial charge >= 0.3 is 0 Å². The molecule has 2 radical (unpaired) electrons. The molecule has 6 nitrogen and oxygen atoms in total. The van der Waals surface area contributed by atoms with E-state index in [-0.39, 0.29) is 10.8 Å². The number of hydrogen-bond donors (Lipinski definition) is 2. The van der Waals surface area contributed by atoms with Crippen LogP contribution in [0.1, 0.15) is 25.3 Å². The first-order valence-electron chi connectivity index (χ1n) is 10.4. The minimum absolute atomic E-state index is 0.0252. The highest BCUT2D eigenvalue weighted by atomic mass is 32.2. The predicted molar refractivity (Wildman–Crippen MR) is 130 cm³/mol. The Balaban J connectivity index is 1.81. The van der Waals surface area contributed by atoms with Crippen LogP contribution in [0.15, 0.2) is 71.6 Å². The van der Waals surface area contributed by atoms with Crippen molar-refractivity contribution < 1.29 is 8.42 Å². The summed E-state index contributed by atoms with van der Waals surface area (Å²) in [5, 5.41) is 9.20. The van der Waals surface area contributed by atoms with Crippen molar-refractivity contribution in [1.82, 2.24) is 9.97 Å². The molecule has 160 valence electrons. The molecule has 8 heteroatoms. The molecule has 0 aliphatic carbocycles. The van der Waals surface area contributed by atoms with Gasteiger partial charge in [-0.2, -0.15) is 0 Å². The van der Waals surface area contributed by atoms with Crippen LogP contribution < -0.4 is 15.9 Å². The molecule has 0 unspecified atom stereocenters. The number of aryl methyl sites for hydroxylation is 1. The molecule has 4 aromatic rings. The molecule has 0 aliphatic rings. The van der Waals surface area contributed by atoms with E-state index < -0.39 is 10.0 Å². The number of anilines is 2. The number of unbranched alkanes of at least 4 members (excludes halogenated alkanes) is 1. The third-order valence-electron chi connectivity index (χ3n) is 5.21. The average Bonchev–Trinajstić information content (AvgIpc) is 2.77. The summed E-state index contributed by atoms with van der Waals surface area (Å²) in [5.74, 6) is 0.267. The van der Waals surface area contributed by atoms with E-state index >= 15 is 0 Å². The van der Waals surface area contributed by atoms with Gasteiger partial charge in [-0.05, 0) is 36.6 Å². The Morgan fingerprint density at radius 2 is 1.75 bits per heavy atom. The first kappa shape index (κ1) is 22.0. The number of aromatic nitrogens is 2. The standard InChI is InChI=1S/C24H23BN4O2S/c1-2-3-6-16-9-11-17(12-10-16)23-19-15-18(25)13-14-20(19)27-24(29-23)28-21-7-4-5-8-22(21)32(26,30)31/h4-5,7-15H,2-3,6H2,1H3,(H2,26,30,31)(H,27,28,29). The Labute approximate surface area is 189 Å². The van der Waals surface area contributed by atoms with E-state index in [4.69, 9.17) is 18.0 Å². The van der Waals surface area contributed by atoms with Crippen LogP contribution in [0.4, 0.5) is 11.6 Å². The number of hydrogen-bond acceptors (Lipinski definition) is 5. The lowest BCUT2D eigenvalue weighted by Gasteiger charge is -2.13. The van der Waals surface area contributed by atoms with Crippen molar-refractivity contribution in [2.24, 2.45) is 5.14 Å². The lowest BCUT2D eigenvalue weighted by molar-refractivity contribution is 0.598. The monoisotopic (exact) mass is 442 g/mol. The van der Waals surface area contributed by atoms with Gasteiger partial charge in [-0.15, -0.1) is 0 Å². The van der Waals surface area contributed by atoms with E-state index in [0.29, 0.717) is 22.4 Å². The van der Waals surface area contributed by atoms with E-state index in [1.807, 2.05) is 24.3 Å². The Morgan fingerprint density at radius 3 is 2.47 bits per heavy atom. The van der Waals surface area contributed by atoms with Crippen LogP contribution in [0.3, 0.4) is 0 Å². The lowest BCUT2D eigenvalue weighted by Crippen LogP contribution is -2.14. The molecule has 3 aromatic carbocycles. The zero-order chi connectivity index (χ0) is 22.7. The zero-order valence-electron chi connectivity index (χ0n) is 17.7. The van der Waals surface area contributed by atoms with Crippen molar-refractivity contribution in [3.8, 4) is 11.3 Å². The Hall–Kier alpha value is -3.23. The molecule has 3 N–H and O–H groups in total. The summed E-state index contributed by atoms with van der Waals surface area (Å²) in [5.41, 5.74) is 4.52. The fourth-order valence-corrected chi connectivity index (χ4v) is 4.26. The predicted octanol–water partition coefficient (Wildman–Crippen LogP) is 3.82. The van der Waals surface area contributed by atoms with Crippen molar-refractivity contribution in [3.63, 3.8) is 0 Å². The van der Waals surface area contributed by atoms with E-state index in [1.165, 1.54) is 11.6 Å². The molecule has 1 aromatic heterocycles. The summed E-state index contributed by atoms with van der Waals surface area (Å²) < 4.78 is 23.9. The van der Waals surface area contributed by atoms with Crippen LogP contribution in [0.2, 0.25) is 0 Å². The molecule has 32 heavy (non-hydrogen) atoms. The molecule has 0 bridgehead atoms. The molecule has 0 saturated heterocycles. The molecule has 0 spiro atoms. The maximum absolute atomic E-state index is 12.0. The molecule has 0 atom stereocenters. The van der Waals surface area contributed by atoms with Gasteiger partial charge < -0.3 is 5.32 Å². The minimum atomic E-state index is -3.91. The van der Waals surface area contributed by atoms with E-state index in [2.05, 4.69) is 29.4 Å². The van der Waals surface area contributed by atoms with Crippen LogP contribution in [0.5, 0.6) is 0 Å². The topological polar surface area (TPSA) is 98.0 Å². The smallest absolute Gasteiger partial charge is 0.240 e. The van der Waals surface area contributed by atoms with E-state index in [1.54, 1.807) is 24.3 Å². The highest BCUT2D eigenvalue weighted by Crippen LogP contribution is 2.29. The van der Waals surface area contributed by atoms with Crippen molar-refractivity contribution >= 4 is 45.9 Å². The highest BCUT2D eigenvalue weighted by Gasteiger charge is 2.16. The van der Waals surface area contributed by atoms with Gasteiger partial charge in [0.1, 0.15) is 12.7 Å². The Morgan fingerprint density at radius 1 is 1.00 bits per heavy atom. The van der Waals surface area contributed by atoms with Crippen molar-refractivity contribution in [2.75, 3.05) is 5.32 Å². The van der Waals surface area contributed by atoms with Gasteiger partial charge in [0.2, 0.25) is 16.0 Å². The average molecular weight is 442 g/mol. The first-order valence-corrected chi connectivity index (χ1v) is 11.9. The Kier molecular flexibility index (Phi) is 6.25. The highest BCUT2D eigenvalue weighted by molar-refractivity contribution is 7.89. The fourth-order valence-electron chi connectivity index (χ4n) is 3.57. The summed E-state index contributed by atoms with van der Waals surface area (Å²) in [6, 6.07) is 20.1. The third-order valence-corrected chi connectivity index (χ3v) is 6.18. The number of nitrogens with one attached hydrogen (secondary N) is 1. The quantitative estimate of drug-likeness (QED) is 0.424. The van der Waals surface area contributed by atoms with Gasteiger partial charge in [0.15, 0.2) is 0 Å². The SMILES string of the molecule is [B]c1ccc2nc(Nc3ccccc3S(N)(=O)=O)nc(-c3ccc(CCCC)cc3)c2c1. The van der Waals surface area contributed by atoms with Crippen molar-refractivity contribution in [3.05, 3.63) is 72.3 Å². The summed E-state index contributed by atoms with van der Waals surface area (Å²) in [7, 11) is 2.12. The number of benzene rings is 3. The maximum Gasteiger partial charge on any atom is 0.240 e. The summed E-state index contributed by atoms with van der Waals surface area (Å²) >= 11 is 0. The maximum atomic E-state index is 12.0. The number of rotatable bonds is 7. The van der Waals surface area contributed by atoms with E-state index in [9.17, 15) is 8.42 Å². The van der Waals surface area contributed by atoms with Crippen LogP contribution in [-0.2, 0) is 16.4 Å². The number of fused-ring (bicyclic) bond motifs is 1. The number of nitrogens with zero attached hydrogens (tertiary/aromatic N) is 2. The molecular weight excluding hydrogens is 419 g/mol. The molecule has 1 heterocycles. The second-order valence-corrected chi connectivity index (χ2v) is 9.17. The zero-order valence-corrected chi connectivity index (χ0v) is 18.6. The third kappa shape index (κ3) is 4.82. The fraction of sp³-hybridized carbons (Fsp3) is 0.167. The largest absolute Gasteiger partial charge is 0.323 e. The van der Waals surface area contributed by atoms with Crippen LogP contribution >= 0.6 is 0 Å². The van der Waals surface area contributed by atoms with Gasteiger partial charge in [-0.1, -0.05) is 67.3 Å². The number of sulfonamides is 1. The van der Waals surface area contributed by atoms with Gasteiger partial charge in [0.25, 0.3) is 0 Å². The van der Waals surface area contributed by atoms with Crippen LogP contribution in [0.25, 0.3) is 22.2 Å².